The third kappa shape index (κ3) is 3.04. The van der Waals surface area contributed by atoms with Crippen molar-refractivity contribution >= 4 is 19.2 Å². The summed E-state index contributed by atoms with van der Waals surface area (Å²) in [5, 5.41) is 11.4. The maximum absolute atomic E-state index is 11.8. The summed E-state index contributed by atoms with van der Waals surface area (Å²) in [7, 11) is -0.843. The van der Waals surface area contributed by atoms with Crippen molar-refractivity contribution in [2.45, 2.75) is 0 Å². The number of nitrogens with one attached hydrogen (secondary N) is 1. The minimum Gasteiger partial charge on any atom is -0.496 e. The molecule has 1 aromatic rings. The van der Waals surface area contributed by atoms with Crippen molar-refractivity contribution in [1.82, 2.24) is 0 Å². The van der Waals surface area contributed by atoms with Gasteiger partial charge in [-0.25, -0.2) is 4.79 Å². The average Bonchev–Trinajstić information content (AvgIpc) is 2.38. The molecule has 0 aliphatic carbocycles. The zero-order valence-electron chi connectivity index (χ0n) is 9.84. The third-order valence-electron chi connectivity index (χ3n) is 2.14. The first-order chi connectivity index (χ1) is 8.45. The highest BCUT2D eigenvalue weighted by Gasteiger charge is 2.19. The van der Waals surface area contributed by atoms with Crippen LogP contribution in [0, 0.1) is 12.1 Å². The molecule has 0 saturated carbocycles. The smallest absolute Gasteiger partial charge is 0.366 e. The first-order valence-electron chi connectivity index (χ1n) is 4.79. The molecule has 0 fully saturated rings. The Kier molecular flexibility index (Phi) is 4.38. The number of benzene rings is 1. The number of terminal acetylenes is 1. The molecule has 0 aliphatic heterocycles. The van der Waals surface area contributed by atoms with Gasteiger partial charge in [0.25, 0.3) is 0 Å². The van der Waals surface area contributed by atoms with Crippen molar-refractivity contribution in [1.29, 1.82) is 0 Å². The van der Waals surface area contributed by atoms with Gasteiger partial charge in [-0.15, -0.1) is 6.42 Å². The Morgan fingerprint density at radius 2 is 2.17 bits per heavy atom. The minimum absolute atomic E-state index is 0.00370. The summed E-state index contributed by atoms with van der Waals surface area (Å²) >= 11 is 0. The van der Waals surface area contributed by atoms with Gasteiger partial charge >= 0.3 is 13.5 Å². The van der Waals surface area contributed by atoms with Crippen molar-refractivity contribution < 1.29 is 23.7 Å². The van der Waals surface area contributed by atoms with Crippen molar-refractivity contribution in [3.63, 3.8) is 0 Å². The Bertz CT molecular complexity index is 549. The van der Waals surface area contributed by atoms with E-state index >= 15 is 0 Å². The molecule has 0 aromatic heterocycles. The van der Waals surface area contributed by atoms with E-state index in [9.17, 15) is 9.36 Å². The van der Waals surface area contributed by atoms with Gasteiger partial charge in [-0.1, -0.05) is 0 Å². The summed E-state index contributed by atoms with van der Waals surface area (Å²) in [5.74, 6) is -0.988. The molecule has 7 heteroatoms. The van der Waals surface area contributed by atoms with Crippen LogP contribution in [0.3, 0.4) is 0 Å². The van der Waals surface area contributed by atoms with Gasteiger partial charge in [0.1, 0.15) is 11.3 Å². The molecule has 1 aromatic carbocycles. The normalized spacial score (nSPS) is 13.2. The van der Waals surface area contributed by atoms with Gasteiger partial charge in [0.05, 0.1) is 7.11 Å². The summed E-state index contributed by atoms with van der Waals surface area (Å²) in [4.78, 5) is 10.9. The molecule has 96 valence electrons. The number of carboxylic acid groups (broad SMARTS) is 1. The van der Waals surface area contributed by atoms with Crippen LogP contribution in [0.5, 0.6) is 5.75 Å². The number of ether oxygens (including phenoxy) is 1. The van der Waals surface area contributed by atoms with Gasteiger partial charge < -0.3 is 19.5 Å². The van der Waals surface area contributed by atoms with E-state index in [0.29, 0.717) is 5.69 Å². The fourth-order valence-electron chi connectivity index (χ4n) is 1.24. The molecule has 2 N–H and O–H groups in total. The maximum atomic E-state index is 11.8. The number of carboxylic acids is 1. The Labute approximate surface area is 104 Å². The fourth-order valence-corrected chi connectivity index (χ4v) is 1.98. The minimum atomic E-state index is -3.40. The van der Waals surface area contributed by atoms with E-state index in [1.165, 1.54) is 32.4 Å². The number of methoxy groups -OCH3 is 1. The molecule has 6 nitrogen and oxygen atoms in total. The molecular weight excluding hydrogens is 257 g/mol. The highest BCUT2D eigenvalue weighted by molar-refractivity contribution is 7.65. The van der Waals surface area contributed by atoms with Crippen molar-refractivity contribution in [2.24, 2.45) is 0 Å². The third-order valence-corrected chi connectivity index (χ3v) is 3.54. The molecule has 0 spiro atoms. The highest BCUT2D eigenvalue weighted by atomic mass is 31.2. The Hall–Kier alpha value is -1.96. The average molecular weight is 269 g/mol. The highest BCUT2D eigenvalue weighted by Crippen LogP contribution is 2.44. The molecule has 0 radical (unpaired) electrons. The Morgan fingerprint density at radius 1 is 1.50 bits per heavy atom. The lowest BCUT2D eigenvalue weighted by molar-refractivity contribution is 0.0693. The van der Waals surface area contributed by atoms with Gasteiger partial charge in [0, 0.05) is 24.5 Å². The van der Waals surface area contributed by atoms with Crippen LogP contribution >= 0.6 is 7.52 Å². The van der Waals surface area contributed by atoms with Crippen LogP contribution < -0.4 is 9.82 Å². The molecule has 1 unspecified atom stereocenters. The van der Waals surface area contributed by atoms with Crippen LogP contribution in [0.25, 0.3) is 0 Å². The topological polar surface area (TPSA) is 84.9 Å². The molecule has 0 heterocycles. The summed E-state index contributed by atoms with van der Waals surface area (Å²) in [6.45, 7) is 0. The van der Waals surface area contributed by atoms with Crippen LogP contribution in [0.15, 0.2) is 18.2 Å². The van der Waals surface area contributed by atoms with Crippen LogP contribution in [0.2, 0.25) is 0 Å². The standard InChI is InChI=1S/C11H12NO5P/c1-4-18(15,17-3)12-8-5-6-9(11(13)14)10(7-8)16-2/h1,5-7H,2-3H3,(H,12,15)(H,13,14). The molecule has 1 rings (SSSR count). The number of carbonyl (C=O) groups is 1. The largest absolute Gasteiger partial charge is 0.496 e. The number of hydrogen-bond donors (Lipinski definition) is 2. The lowest BCUT2D eigenvalue weighted by atomic mass is 10.2. The maximum Gasteiger partial charge on any atom is 0.366 e. The number of rotatable bonds is 5. The van der Waals surface area contributed by atoms with Gasteiger partial charge in [0.2, 0.25) is 0 Å². The second kappa shape index (κ2) is 5.58. The van der Waals surface area contributed by atoms with Crippen molar-refractivity contribution in [3.8, 4) is 17.8 Å². The fraction of sp³-hybridized carbons (Fsp3) is 0.182. The summed E-state index contributed by atoms with van der Waals surface area (Å²) in [6, 6.07) is 4.13. The van der Waals surface area contributed by atoms with E-state index in [0.717, 1.165) is 0 Å². The van der Waals surface area contributed by atoms with Gasteiger partial charge in [-0.2, -0.15) is 0 Å². The second-order valence-corrected chi connectivity index (χ2v) is 5.15. The second-order valence-electron chi connectivity index (χ2n) is 3.20. The monoisotopic (exact) mass is 269 g/mol. The first-order valence-corrected chi connectivity index (χ1v) is 6.41. The summed E-state index contributed by atoms with van der Waals surface area (Å²) < 4.78 is 21.4. The molecule has 0 amide bonds. The van der Waals surface area contributed by atoms with E-state index in [1.807, 2.05) is 5.66 Å². The van der Waals surface area contributed by atoms with Crippen LogP contribution in [-0.4, -0.2) is 25.3 Å². The zero-order chi connectivity index (χ0) is 13.8. The molecule has 0 saturated heterocycles. The van der Waals surface area contributed by atoms with Crippen LogP contribution in [-0.2, 0) is 9.09 Å². The van der Waals surface area contributed by atoms with Gasteiger partial charge in [-0.3, -0.25) is 4.57 Å². The predicted molar refractivity (Wildman–Crippen MR) is 67.0 cm³/mol. The van der Waals surface area contributed by atoms with E-state index in [4.69, 9.17) is 20.8 Å². The molecular formula is C11H12NO5P. The zero-order valence-corrected chi connectivity index (χ0v) is 10.7. The van der Waals surface area contributed by atoms with Gasteiger partial charge in [0.15, 0.2) is 0 Å². The molecule has 0 bridgehead atoms. The van der Waals surface area contributed by atoms with E-state index in [2.05, 4.69) is 5.09 Å². The van der Waals surface area contributed by atoms with E-state index in [-0.39, 0.29) is 11.3 Å². The SMILES string of the molecule is C#CP(=O)(Nc1ccc(C(=O)O)c(OC)c1)OC. The lowest BCUT2D eigenvalue weighted by Gasteiger charge is -2.14. The summed E-state index contributed by atoms with van der Waals surface area (Å²) in [5.41, 5.74) is 2.36. The van der Waals surface area contributed by atoms with Crippen molar-refractivity contribution in [2.75, 3.05) is 19.3 Å². The van der Waals surface area contributed by atoms with Gasteiger partial charge in [-0.05, 0) is 12.1 Å². The summed E-state index contributed by atoms with van der Waals surface area (Å²) in [6.07, 6.45) is 5.09. The van der Waals surface area contributed by atoms with Crippen LogP contribution in [0.1, 0.15) is 10.4 Å². The quantitative estimate of drug-likeness (QED) is 0.629. The number of anilines is 1. The number of aromatic carboxylic acids is 1. The number of hydrogen-bond acceptors (Lipinski definition) is 4. The molecule has 0 aliphatic rings. The van der Waals surface area contributed by atoms with E-state index < -0.39 is 13.5 Å². The Morgan fingerprint density at radius 3 is 2.61 bits per heavy atom. The predicted octanol–water partition coefficient (Wildman–Crippen LogP) is 2.24. The van der Waals surface area contributed by atoms with Crippen molar-refractivity contribution in [3.05, 3.63) is 23.8 Å². The lowest BCUT2D eigenvalue weighted by Crippen LogP contribution is -2.02. The molecule has 18 heavy (non-hydrogen) atoms. The molecule has 1 atom stereocenters. The van der Waals surface area contributed by atoms with E-state index in [1.54, 1.807) is 0 Å². The Balaban J connectivity index is 3.11. The van der Waals surface area contributed by atoms with Crippen LogP contribution in [0.4, 0.5) is 5.69 Å². The first kappa shape index (κ1) is 14.1.